The molecule has 6 nitrogen and oxygen atoms in total. The van der Waals surface area contributed by atoms with Crippen molar-refractivity contribution in [2.75, 3.05) is 0 Å². The van der Waals surface area contributed by atoms with E-state index in [2.05, 4.69) is 20.5 Å². The summed E-state index contributed by atoms with van der Waals surface area (Å²) < 4.78 is 0. The number of carbonyl (C=O) groups is 1. The zero-order chi connectivity index (χ0) is 14.3. The van der Waals surface area contributed by atoms with Crippen molar-refractivity contribution in [1.29, 1.82) is 0 Å². The molecule has 0 fully saturated rings. The fourth-order valence-electron chi connectivity index (χ4n) is 2.39. The van der Waals surface area contributed by atoms with E-state index < -0.39 is 11.6 Å². The summed E-state index contributed by atoms with van der Waals surface area (Å²) >= 11 is 12.1. The number of nitrogens with zero attached hydrogens (tertiary/aromatic N) is 1. The number of fused-ring (bicyclic) bond motifs is 1. The molecular weight excluding hydrogens is 303 g/mol. The predicted molar refractivity (Wildman–Crippen MR) is 74.2 cm³/mol. The fraction of sp³-hybridized carbons (Fsp3) is 0.250. The van der Waals surface area contributed by atoms with Crippen LogP contribution in [0.15, 0.2) is 16.9 Å². The van der Waals surface area contributed by atoms with Crippen LogP contribution in [-0.2, 0) is 6.42 Å². The van der Waals surface area contributed by atoms with Crippen molar-refractivity contribution < 1.29 is 4.79 Å². The Morgan fingerprint density at radius 3 is 2.90 bits per heavy atom. The van der Waals surface area contributed by atoms with Gasteiger partial charge in [-0.15, -0.1) is 5.10 Å². The Morgan fingerprint density at radius 2 is 2.20 bits per heavy atom. The summed E-state index contributed by atoms with van der Waals surface area (Å²) in [5, 5.41) is 9.61. The van der Waals surface area contributed by atoms with Gasteiger partial charge < -0.3 is 5.32 Å². The highest BCUT2D eigenvalue weighted by molar-refractivity contribution is 6.42. The van der Waals surface area contributed by atoms with E-state index in [0.717, 1.165) is 24.0 Å². The second-order valence-electron chi connectivity index (χ2n) is 4.52. The summed E-state index contributed by atoms with van der Waals surface area (Å²) in [7, 11) is 0. The van der Waals surface area contributed by atoms with Gasteiger partial charge in [-0.3, -0.25) is 9.78 Å². The standard InChI is InChI=1S/C12H10Cl2N4O2/c13-7-3-1-5-6(9(7)14)2-4-8(5)15-11(19)10-16-12(20)18-17-10/h1,3,8H,2,4H2,(H,15,19)(H2,16,17,18,20). The molecule has 3 rings (SSSR count). The second-order valence-corrected chi connectivity index (χ2v) is 5.31. The van der Waals surface area contributed by atoms with Gasteiger partial charge in [0, 0.05) is 0 Å². The lowest BCUT2D eigenvalue weighted by molar-refractivity contribution is 0.0926. The monoisotopic (exact) mass is 312 g/mol. The molecule has 20 heavy (non-hydrogen) atoms. The molecule has 1 aliphatic carbocycles. The van der Waals surface area contributed by atoms with Gasteiger partial charge in [0.05, 0.1) is 16.1 Å². The zero-order valence-electron chi connectivity index (χ0n) is 10.2. The Bertz CT molecular complexity index is 737. The maximum Gasteiger partial charge on any atom is 0.341 e. The summed E-state index contributed by atoms with van der Waals surface area (Å²) in [5.41, 5.74) is 1.39. The number of aromatic amines is 2. The highest BCUT2D eigenvalue weighted by Crippen LogP contribution is 2.39. The second kappa shape index (κ2) is 4.96. The minimum atomic E-state index is -0.517. The molecule has 0 saturated heterocycles. The highest BCUT2D eigenvalue weighted by Gasteiger charge is 2.27. The van der Waals surface area contributed by atoms with Crippen LogP contribution in [0.1, 0.15) is 34.2 Å². The van der Waals surface area contributed by atoms with Crippen molar-refractivity contribution in [3.05, 3.63) is 49.6 Å². The first kappa shape index (κ1) is 13.2. The van der Waals surface area contributed by atoms with Gasteiger partial charge in [0.15, 0.2) is 0 Å². The summed E-state index contributed by atoms with van der Waals surface area (Å²) in [4.78, 5) is 25.2. The minimum Gasteiger partial charge on any atom is -0.342 e. The van der Waals surface area contributed by atoms with Crippen LogP contribution in [0, 0.1) is 0 Å². The van der Waals surface area contributed by atoms with E-state index in [1.54, 1.807) is 6.07 Å². The fourth-order valence-corrected chi connectivity index (χ4v) is 2.83. The normalized spacial score (nSPS) is 17.0. The van der Waals surface area contributed by atoms with Crippen LogP contribution in [-0.4, -0.2) is 21.1 Å². The van der Waals surface area contributed by atoms with Crippen LogP contribution >= 0.6 is 23.2 Å². The van der Waals surface area contributed by atoms with Crippen LogP contribution < -0.4 is 11.0 Å². The number of aromatic nitrogens is 3. The zero-order valence-corrected chi connectivity index (χ0v) is 11.7. The Hall–Kier alpha value is -1.79. The molecule has 2 aromatic rings. The Morgan fingerprint density at radius 1 is 1.40 bits per heavy atom. The van der Waals surface area contributed by atoms with Crippen molar-refractivity contribution in [3.63, 3.8) is 0 Å². The van der Waals surface area contributed by atoms with Gasteiger partial charge >= 0.3 is 5.69 Å². The lowest BCUT2D eigenvalue weighted by Crippen LogP contribution is -2.28. The summed E-state index contributed by atoms with van der Waals surface area (Å²) in [6, 6.07) is 3.41. The molecule has 0 spiro atoms. The van der Waals surface area contributed by atoms with Gasteiger partial charge in [0.2, 0.25) is 5.82 Å². The first-order valence-corrected chi connectivity index (χ1v) is 6.74. The topological polar surface area (TPSA) is 90.6 Å². The number of rotatable bonds is 2. The molecule has 1 amide bonds. The summed E-state index contributed by atoms with van der Waals surface area (Å²) in [6.45, 7) is 0. The van der Waals surface area contributed by atoms with E-state index in [1.807, 2.05) is 6.07 Å². The molecule has 104 valence electrons. The van der Waals surface area contributed by atoms with Crippen molar-refractivity contribution in [1.82, 2.24) is 20.5 Å². The molecule has 1 aliphatic rings. The van der Waals surface area contributed by atoms with Crippen LogP contribution in [0.25, 0.3) is 0 Å². The molecule has 0 saturated carbocycles. The van der Waals surface area contributed by atoms with Crippen molar-refractivity contribution in [3.8, 4) is 0 Å². The lowest BCUT2D eigenvalue weighted by atomic mass is 10.1. The van der Waals surface area contributed by atoms with E-state index in [0.29, 0.717) is 10.0 Å². The Kier molecular flexibility index (Phi) is 3.27. The number of amides is 1. The Balaban J connectivity index is 1.84. The van der Waals surface area contributed by atoms with Crippen molar-refractivity contribution in [2.24, 2.45) is 0 Å². The van der Waals surface area contributed by atoms with E-state index in [1.165, 1.54) is 0 Å². The molecule has 1 aromatic carbocycles. The van der Waals surface area contributed by atoms with Gasteiger partial charge in [-0.2, -0.15) is 0 Å². The van der Waals surface area contributed by atoms with Crippen LogP contribution in [0.4, 0.5) is 0 Å². The van der Waals surface area contributed by atoms with Gasteiger partial charge in [0.25, 0.3) is 5.91 Å². The quantitative estimate of drug-likeness (QED) is 0.790. The molecular formula is C12H10Cl2N4O2. The first-order valence-electron chi connectivity index (χ1n) is 5.98. The number of halogens is 2. The lowest BCUT2D eigenvalue weighted by Gasteiger charge is -2.13. The van der Waals surface area contributed by atoms with Crippen LogP contribution in [0.3, 0.4) is 0 Å². The van der Waals surface area contributed by atoms with E-state index in [9.17, 15) is 9.59 Å². The average Bonchev–Trinajstić information content (AvgIpc) is 3.01. The molecule has 0 aliphatic heterocycles. The van der Waals surface area contributed by atoms with Gasteiger partial charge in [-0.05, 0) is 30.0 Å². The van der Waals surface area contributed by atoms with Crippen molar-refractivity contribution in [2.45, 2.75) is 18.9 Å². The third-order valence-electron chi connectivity index (χ3n) is 3.31. The van der Waals surface area contributed by atoms with Gasteiger partial charge in [-0.1, -0.05) is 29.3 Å². The average molecular weight is 313 g/mol. The molecule has 0 bridgehead atoms. The first-order chi connectivity index (χ1) is 9.56. The molecule has 3 N–H and O–H groups in total. The predicted octanol–water partition coefficient (Wildman–Crippen LogP) is 1.82. The third-order valence-corrected chi connectivity index (χ3v) is 4.16. The number of benzene rings is 1. The number of nitrogens with one attached hydrogen (secondary N) is 3. The SMILES string of the molecule is O=C(NC1CCc2c1ccc(Cl)c2Cl)c1n[nH]c(=O)[nH]1. The summed E-state index contributed by atoms with van der Waals surface area (Å²) in [6.07, 6.45) is 1.48. The molecule has 1 heterocycles. The molecule has 1 atom stereocenters. The molecule has 1 unspecified atom stereocenters. The van der Waals surface area contributed by atoms with E-state index in [-0.39, 0.29) is 11.9 Å². The van der Waals surface area contributed by atoms with Crippen molar-refractivity contribution >= 4 is 29.1 Å². The van der Waals surface area contributed by atoms with Crippen LogP contribution in [0.5, 0.6) is 0 Å². The molecule has 8 heteroatoms. The third kappa shape index (κ3) is 2.21. The summed E-state index contributed by atoms with van der Waals surface area (Å²) in [5.74, 6) is -0.476. The van der Waals surface area contributed by atoms with E-state index in [4.69, 9.17) is 23.2 Å². The maximum absolute atomic E-state index is 12.0. The maximum atomic E-state index is 12.0. The van der Waals surface area contributed by atoms with Gasteiger partial charge in [-0.25, -0.2) is 9.89 Å². The number of H-pyrrole nitrogens is 2. The molecule has 1 aromatic heterocycles. The largest absolute Gasteiger partial charge is 0.342 e. The molecule has 0 radical (unpaired) electrons. The smallest absolute Gasteiger partial charge is 0.341 e. The number of carbonyl (C=O) groups excluding carboxylic acids is 1. The number of hydrogen-bond donors (Lipinski definition) is 3. The van der Waals surface area contributed by atoms with Crippen LogP contribution in [0.2, 0.25) is 10.0 Å². The highest BCUT2D eigenvalue weighted by atomic mass is 35.5. The Labute approximate surface area is 123 Å². The van der Waals surface area contributed by atoms with E-state index >= 15 is 0 Å². The minimum absolute atomic E-state index is 0.0384. The van der Waals surface area contributed by atoms with Gasteiger partial charge in [0.1, 0.15) is 0 Å². The number of hydrogen-bond acceptors (Lipinski definition) is 3.